The third-order valence-electron chi connectivity index (χ3n) is 6.87. The van der Waals surface area contributed by atoms with Gasteiger partial charge >= 0.3 is 0 Å². The van der Waals surface area contributed by atoms with Crippen molar-refractivity contribution in [3.8, 4) is 0 Å². The molecule has 0 heterocycles. The van der Waals surface area contributed by atoms with E-state index in [1.54, 1.807) is 4.90 Å². The smallest absolute Gasteiger partial charge is 0.248 e. The second-order valence-electron chi connectivity index (χ2n) is 10.2. The van der Waals surface area contributed by atoms with Gasteiger partial charge in [0.25, 0.3) is 0 Å². The molecule has 2 fully saturated rings. The molecule has 0 radical (unpaired) electrons. The Balaban J connectivity index is 1.79. The van der Waals surface area contributed by atoms with Crippen LogP contribution in [0.5, 0.6) is 0 Å². The summed E-state index contributed by atoms with van der Waals surface area (Å²) >= 11 is 0. The number of fused-ring (bicyclic) bond motifs is 1. The highest BCUT2D eigenvalue weighted by Crippen LogP contribution is 2.50. The van der Waals surface area contributed by atoms with Crippen LogP contribution in [0.15, 0.2) is 23.8 Å². The third-order valence-corrected chi connectivity index (χ3v) is 6.87. The van der Waals surface area contributed by atoms with Gasteiger partial charge in [0.15, 0.2) is 0 Å². The van der Waals surface area contributed by atoms with Crippen LogP contribution in [0.25, 0.3) is 0 Å². The molecule has 2 aliphatic rings. The Morgan fingerprint density at radius 2 is 2.03 bits per heavy atom. The maximum absolute atomic E-state index is 12.2. The van der Waals surface area contributed by atoms with Crippen molar-refractivity contribution in [2.75, 3.05) is 20.3 Å². The molecule has 5 heteroatoms. The van der Waals surface area contributed by atoms with Gasteiger partial charge in [-0.05, 0) is 58.3 Å². The number of nitrogens with zero attached hydrogens (tertiary/aromatic N) is 1. The molecule has 2 saturated carbocycles. The van der Waals surface area contributed by atoms with E-state index in [0.717, 1.165) is 44.9 Å². The maximum atomic E-state index is 12.2. The van der Waals surface area contributed by atoms with Gasteiger partial charge in [-0.2, -0.15) is 0 Å². The summed E-state index contributed by atoms with van der Waals surface area (Å²) in [4.78, 5) is 13.9. The Labute approximate surface area is 183 Å². The van der Waals surface area contributed by atoms with Crippen LogP contribution in [0.1, 0.15) is 72.6 Å². The van der Waals surface area contributed by atoms with E-state index in [1.807, 2.05) is 33.9 Å². The lowest BCUT2D eigenvalue weighted by molar-refractivity contribution is -0.138. The number of rotatable bonds is 10. The van der Waals surface area contributed by atoms with E-state index in [9.17, 15) is 15.0 Å². The number of unbranched alkanes of at least 4 members (excludes halogenated alkanes) is 2. The van der Waals surface area contributed by atoms with Crippen LogP contribution in [0.3, 0.4) is 0 Å². The molecule has 0 aromatic heterocycles. The fraction of sp³-hybridized carbons (Fsp3) is 0.800. The van der Waals surface area contributed by atoms with Crippen LogP contribution < -0.4 is 0 Å². The summed E-state index contributed by atoms with van der Waals surface area (Å²) < 4.78 is 5.61. The second kappa shape index (κ2) is 11.4. The molecule has 0 aromatic rings. The van der Waals surface area contributed by atoms with E-state index in [4.69, 9.17) is 4.74 Å². The monoisotopic (exact) mass is 421 g/mol. The number of hydrogen-bond acceptors (Lipinski definition) is 4. The first-order valence-corrected chi connectivity index (χ1v) is 11.7. The van der Waals surface area contributed by atoms with Crippen molar-refractivity contribution in [3.63, 3.8) is 0 Å². The highest BCUT2D eigenvalue weighted by Gasteiger charge is 2.44. The van der Waals surface area contributed by atoms with Crippen LogP contribution in [0.4, 0.5) is 0 Å². The number of hydrogen-bond donors (Lipinski definition) is 2. The highest BCUT2D eigenvalue weighted by atomic mass is 16.5. The lowest BCUT2D eigenvalue weighted by Crippen LogP contribution is -2.44. The van der Waals surface area contributed by atoms with Crippen molar-refractivity contribution >= 4 is 5.91 Å². The van der Waals surface area contributed by atoms with Crippen molar-refractivity contribution < 1.29 is 19.7 Å². The quantitative estimate of drug-likeness (QED) is 0.412. The van der Waals surface area contributed by atoms with Gasteiger partial charge in [-0.1, -0.05) is 50.0 Å². The van der Waals surface area contributed by atoms with Gasteiger partial charge in [0, 0.05) is 18.5 Å². The lowest BCUT2D eigenvalue weighted by Gasteiger charge is -2.31. The molecule has 0 aromatic carbocycles. The zero-order valence-corrected chi connectivity index (χ0v) is 19.6. The minimum absolute atomic E-state index is 0.00462. The molecule has 0 saturated heterocycles. The molecule has 0 spiro atoms. The van der Waals surface area contributed by atoms with Gasteiger partial charge in [-0.3, -0.25) is 4.79 Å². The van der Waals surface area contributed by atoms with Crippen molar-refractivity contribution in [1.82, 2.24) is 4.90 Å². The van der Waals surface area contributed by atoms with Gasteiger partial charge in [-0.25, -0.2) is 0 Å². The molecule has 5 atom stereocenters. The number of aliphatic hydroxyl groups is 2. The SMILES string of the molecule is CCCCC[C@H](O)/C=C/[C@@H]1[C@H]2C/C(=C/COCC(=O)N(C)C(C)(C)C)C[C@H]2C[C@H]1O. The van der Waals surface area contributed by atoms with Gasteiger partial charge in [-0.15, -0.1) is 0 Å². The highest BCUT2D eigenvalue weighted by molar-refractivity contribution is 5.77. The zero-order valence-electron chi connectivity index (χ0n) is 19.6. The third kappa shape index (κ3) is 7.21. The van der Waals surface area contributed by atoms with E-state index >= 15 is 0 Å². The zero-order chi connectivity index (χ0) is 22.3. The summed E-state index contributed by atoms with van der Waals surface area (Å²) in [6, 6.07) is 0. The minimum atomic E-state index is -0.406. The van der Waals surface area contributed by atoms with Crippen molar-refractivity contribution in [2.45, 2.75) is 90.4 Å². The first-order valence-electron chi connectivity index (χ1n) is 11.7. The second-order valence-corrected chi connectivity index (χ2v) is 10.2. The molecule has 2 aliphatic carbocycles. The summed E-state index contributed by atoms with van der Waals surface area (Å²) in [5, 5.41) is 20.6. The Hall–Kier alpha value is -1.17. The van der Waals surface area contributed by atoms with Crippen LogP contribution in [-0.4, -0.2) is 59.0 Å². The van der Waals surface area contributed by atoms with E-state index in [2.05, 4.69) is 19.1 Å². The number of aliphatic hydroxyl groups excluding tert-OH is 2. The predicted molar refractivity (Wildman–Crippen MR) is 121 cm³/mol. The van der Waals surface area contributed by atoms with E-state index in [0.29, 0.717) is 18.4 Å². The first-order chi connectivity index (χ1) is 14.1. The van der Waals surface area contributed by atoms with E-state index < -0.39 is 6.10 Å². The molecular weight excluding hydrogens is 378 g/mol. The van der Waals surface area contributed by atoms with Crippen molar-refractivity contribution in [2.24, 2.45) is 17.8 Å². The number of ether oxygens (including phenoxy) is 1. The fourth-order valence-corrected chi connectivity index (χ4v) is 4.69. The van der Waals surface area contributed by atoms with Gasteiger partial charge in [0.1, 0.15) is 6.61 Å². The van der Waals surface area contributed by atoms with Gasteiger partial charge < -0.3 is 19.8 Å². The number of allylic oxidation sites excluding steroid dienone is 1. The average molecular weight is 422 g/mol. The average Bonchev–Trinajstić information content (AvgIpc) is 3.18. The van der Waals surface area contributed by atoms with Crippen molar-refractivity contribution in [1.29, 1.82) is 0 Å². The molecule has 0 unspecified atom stereocenters. The molecule has 2 N–H and O–H groups in total. The van der Waals surface area contributed by atoms with Crippen molar-refractivity contribution in [3.05, 3.63) is 23.8 Å². The molecule has 5 nitrogen and oxygen atoms in total. The number of carbonyl (C=O) groups excluding carboxylic acids is 1. The molecule has 1 amide bonds. The summed E-state index contributed by atoms with van der Waals surface area (Å²) in [7, 11) is 1.81. The lowest BCUT2D eigenvalue weighted by atomic mass is 9.90. The number of carbonyl (C=O) groups is 1. The number of amides is 1. The normalized spacial score (nSPS) is 29.0. The van der Waals surface area contributed by atoms with Crippen LogP contribution in [0.2, 0.25) is 0 Å². The van der Waals surface area contributed by atoms with Gasteiger partial charge in [0.2, 0.25) is 5.91 Å². The van der Waals surface area contributed by atoms with Crippen LogP contribution in [-0.2, 0) is 9.53 Å². The molecule has 172 valence electrons. The molecular formula is C25H43NO4. The van der Waals surface area contributed by atoms with Crippen LogP contribution >= 0.6 is 0 Å². The Kier molecular flexibility index (Phi) is 9.58. The summed E-state index contributed by atoms with van der Waals surface area (Å²) in [5.41, 5.74) is 1.17. The maximum Gasteiger partial charge on any atom is 0.248 e. The standard InChI is InChI=1S/C25H43NO4/c1-6-7-8-9-20(27)10-11-21-22-15-18(14-19(22)16-23(21)28)12-13-30-17-24(29)26(5)25(2,3)4/h10-12,19-23,27-28H,6-9,13-17H2,1-5H3/b11-10+,18-12+/t19-,20-,21+,22-,23+/m0/s1. The largest absolute Gasteiger partial charge is 0.392 e. The summed E-state index contributed by atoms with van der Waals surface area (Å²) in [6.45, 7) is 8.74. The molecule has 2 rings (SSSR count). The van der Waals surface area contributed by atoms with E-state index in [1.165, 1.54) is 5.57 Å². The Morgan fingerprint density at radius 1 is 1.30 bits per heavy atom. The molecule has 0 bridgehead atoms. The Morgan fingerprint density at radius 3 is 2.70 bits per heavy atom. The topological polar surface area (TPSA) is 70.0 Å². The van der Waals surface area contributed by atoms with Crippen LogP contribution in [0, 0.1) is 17.8 Å². The minimum Gasteiger partial charge on any atom is -0.392 e. The molecule has 0 aliphatic heterocycles. The predicted octanol–water partition coefficient (Wildman–Crippen LogP) is 4.09. The Bertz CT molecular complexity index is 607. The molecule has 30 heavy (non-hydrogen) atoms. The first kappa shape index (κ1) is 25.1. The summed E-state index contributed by atoms with van der Waals surface area (Å²) in [6.07, 6.45) is 12.3. The fourth-order valence-electron chi connectivity index (χ4n) is 4.69. The van der Waals surface area contributed by atoms with E-state index in [-0.39, 0.29) is 30.1 Å². The summed E-state index contributed by atoms with van der Waals surface area (Å²) in [5.74, 6) is 1.07. The van der Waals surface area contributed by atoms with Gasteiger partial charge in [0.05, 0.1) is 18.8 Å². The number of likely N-dealkylation sites (N-methyl/N-ethyl adjacent to an activating group) is 1.